The Morgan fingerprint density at radius 3 is 0.898 bits per heavy atom. The molecule has 0 aliphatic heterocycles. The number of alkyl halides is 3. The van der Waals surface area contributed by atoms with Crippen LogP contribution in [0.4, 0.5) is 30.2 Å². The zero-order valence-corrected chi connectivity index (χ0v) is 55.3. The highest BCUT2D eigenvalue weighted by Gasteiger charge is 2.44. The van der Waals surface area contributed by atoms with Crippen LogP contribution in [0.2, 0.25) is 0 Å². The first-order valence-corrected chi connectivity index (χ1v) is 31.6. The van der Waals surface area contributed by atoms with Crippen molar-refractivity contribution in [3.05, 3.63) is 178 Å². The maximum absolute atomic E-state index is 14.4. The van der Waals surface area contributed by atoms with E-state index in [9.17, 15) is 41.9 Å². The predicted octanol–water partition coefficient (Wildman–Crippen LogP) is 8.46. The summed E-state index contributed by atoms with van der Waals surface area (Å²) in [5.41, 5.74) is 42.8. The van der Waals surface area contributed by atoms with Gasteiger partial charge < -0.3 is 84.6 Å². The molecule has 3 amide bonds. The number of aromatic nitrogens is 3. The molecule has 23 nitrogen and oxygen atoms in total. The highest BCUT2D eigenvalue weighted by molar-refractivity contribution is 6.18. The molecule has 0 unspecified atom stereocenters. The molecule has 26 heteroatoms. The minimum atomic E-state index is -5.08. The second-order valence-electron chi connectivity index (χ2n) is 24.3. The molecule has 0 aliphatic rings. The van der Waals surface area contributed by atoms with Gasteiger partial charge in [-0.1, -0.05) is 36.4 Å². The summed E-state index contributed by atoms with van der Waals surface area (Å²) in [6.45, 7) is 6.20. The van der Waals surface area contributed by atoms with Crippen LogP contribution in [0.25, 0.3) is 32.7 Å². The number of halogens is 3. The highest BCUT2D eigenvalue weighted by atomic mass is 19.4. The molecule has 98 heavy (non-hydrogen) atoms. The van der Waals surface area contributed by atoms with Gasteiger partial charge in [-0.15, -0.1) is 0 Å². The van der Waals surface area contributed by atoms with E-state index >= 15 is 0 Å². The quantitative estimate of drug-likeness (QED) is 0.0148. The van der Waals surface area contributed by atoms with Crippen LogP contribution in [0.15, 0.2) is 127 Å². The average Bonchev–Trinajstić information content (AvgIpc) is 1.53. The molecule has 9 aromatic rings. The van der Waals surface area contributed by atoms with Crippen molar-refractivity contribution in [2.75, 3.05) is 56.9 Å². The van der Waals surface area contributed by atoms with Crippen molar-refractivity contribution >= 4 is 90.8 Å². The van der Waals surface area contributed by atoms with Gasteiger partial charge in [-0.25, -0.2) is 4.79 Å². The average molecular weight is 1350 g/mol. The molecule has 19 N–H and O–H groups in total. The Bertz CT molecular complexity index is 3970. The number of aryl methyl sites for hydroxylation is 3. The number of ketones is 3. The standard InChI is InChI=1S/C70H82N12O9.C2HF3O2/c1-40-52(55-34-49(89-4)22-25-58(55)77-40)37-61(83)68(74,28-7-31-71)65(86)80-46-16-10-43(11-17-46)64(44-12-18-47(19-13-44)81-66(87)69(75,29-8-32-72)62(84)38-53-41(2)78-59-26-23-50(90-5)35-56(53)59)45-14-20-48(21-15-45)82-67(88)70(76,30-9-33-73)63(85)39-54-42(3)79-60-27-24-51(91-6)36-57(54)60;3-2(4,5)1(6)7/h10-27,34-36,64,77-79H,7-9,28-33,37-39,71-76H2,1-6H3,(H,80,86)(H,81,87)(H,82,88);(H,6,7)/t68-,69-,70-;/m1./s1. The number of carbonyl (C=O) groups is 7. The number of anilines is 3. The third kappa shape index (κ3) is 16.4. The van der Waals surface area contributed by atoms with Crippen molar-refractivity contribution in [2.24, 2.45) is 34.4 Å². The third-order valence-electron chi connectivity index (χ3n) is 17.8. The molecule has 0 saturated carbocycles. The lowest BCUT2D eigenvalue weighted by Crippen LogP contribution is -2.58. The number of carboxylic acids is 1. The number of amides is 3. The zero-order chi connectivity index (χ0) is 71.4. The lowest BCUT2D eigenvalue weighted by atomic mass is 9.83. The third-order valence-corrected chi connectivity index (χ3v) is 17.8. The largest absolute Gasteiger partial charge is 0.497 e. The number of ether oxygens (including phenoxy) is 3. The van der Waals surface area contributed by atoms with Gasteiger partial charge in [0.15, 0.2) is 34.0 Å². The maximum atomic E-state index is 14.4. The normalized spacial score (nSPS) is 13.4. The van der Waals surface area contributed by atoms with Crippen molar-refractivity contribution < 1.29 is 66.1 Å². The Morgan fingerprint density at radius 2 is 0.684 bits per heavy atom. The molecule has 3 heterocycles. The van der Waals surface area contributed by atoms with Gasteiger partial charge >= 0.3 is 12.1 Å². The van der Waals surface area contributed by atoms with Crippen LogP contribution in [0.5, 0.6) is 17.2 Å². The van der Waals surface area contributed by atoms with E-state index in [4.69, 9.17) is 58.5 Å². The summed E-state index contributed by atoms with van der Waals surface area (Å²) in [7, 11) is 4.69. The number of hydrogen-bond donors (Lipinski definition) is 13. The first-order chi connectivity index (χ1) is 46.5. The van der Waals surface area contributed by atoms with Crippen LogP contribution >= 0.6 is 0 Å². The molecule has 3 aromatic heterocycles. The number of nitrogens with two attached hydrogens (primary N) is 6. The van der Waals surface area contributed by atoms with E-state index < -0.39 is 69.8 Å². The van der Waals surface area contributed by atoms with E-state index in [1.54, 1.807) is 57.7 Å². The number of fused-ring (bicyclic) bond motifs is 3. The molecule has 0 radical (unpaired) electrons. The molecular formula is C72H83F3N12O11. The van der Waals surface area contributed by atoms with Crippen LogP contribution in [0.3, 0.4) is 0 Å². The SMILES string of the molecule is COc1ccc2[nH]c(C)c(CC(=O)[C@](N)(CCCN)C(=O)Nc3ccc(C(c4ccc(NC(=O)[C@@](N)(CCCN)C(=O)Cc5c(C)[nH]c6ccc(OC)cc56)cc4)c4ccc(NC(=O)[C@@](N)(CCCN)C(=O)Cc5c(C)[nH]c6ccc(OC)cc56)cc4)cc3)c2c1.O=C(O)C(F)(F)F. The number of carbonyl (C=O) groups excluding carboxylic acids is 6. The Labute approximate surface area is 563 Å². The van der Waals surface area contributed by atoms with Gasteiger partial charge in [-0.2, -0.15) is 13.2 Å². The molecule has 0 aliphatic carbocycles. The smallest absolute Gasteiger partial charge is 0.490 e. The second-order valence-corrected chi connectivity index (χ2v) is 24.3. The fourth-order valence-electron chi connectivity index (χ4n) is 12.0. The summed E-state index contributed by atoms with van der Waals surface area (Å²) >= 11 is 0. The van der Waals surface area contributed by atoms with E-state index in [-0.39, 0.29) is 58.2 Å². The number of nitrogens with one attached hydrogen (secondary N) is 6. The number of benzene rings is 6. The summed E-state index contributed by atoms with van der Waals surface area (Å²) in [6, 6.07) is 37.9. The van der Waals surface area contributed by atoms with Crippen LogP contribution in [0.1, 0.15) is 94.9 Å². The van der Waals surface area contributed by atoms with Gasteiger partial charge in [0, 0.05) is 92.0 Å². The lowest BCUT2D eigenvalue weighted by Gasteiger charge is -2.28. The fourth-order valence-corrected chi connectivity index (χ4v) is 12.0. The Hall–Kier alpha value is -10.2. The van der Waals surface area contributed by atoms with Gasteiger partial charge in [-0.05, 0) is 203 Å². The Balaban J connectivity index is 0.00000166. The van der Waals surface area contributed by atoms with Gasteiger partial charge in [0.2, 0.25) is 0 Å². The van der Waals surface area contributed by atoms with Gasteiger partial charge in [0.1, 0.15) is 17.2 Å². The number of carboxylic acid groups (broad SMARTS) is 1. The van der Waals surface area contributed by atoms with Crippen LogP contribution in [0, 0.1) is 20.8 Å². The minimum Gasteiger partial charge on any atom is -0.497 e. The summed E-state index contributed by atoms with van der Waals surface area (Å²) in [4.78, 5) is 105. The molecule has 0 fully saturated rings. The predicted molar refractivity (Wildman–Crippen MR) is 370 cm³/mol. The van der Waals surface area contributed by atoms with E-state index in [0.717, 1.165) is 66.5 Å². The number of aliphatic carboxylic acids is 1. The Kier molecular flexibility index (Phi) is 23.5. The molecule has 9 rings (SSSR count). The van der Waals surface area contributed by atoms with Gasteiger partial charge in [-0.3, -0.25) is 28.8 Å². The maximum Gasteiger partial charge on any atom is 0.490 e. The number of hydrogen-bond acceptors (Lipinski definition) is 16. The van der Waals surface area contributed by atoms with E-state index in [0.29, 0.717) is 70.3 Å². The number of H-pyrrole nitrogens is 3. The first kappa shape index (κ1) is 73.6. The molecule has 3 atom stereocenters. The van der Waals surface area contributed by atoms with Crippen molar-refractivity contribution in [2.45, 2.75) is 107 Å². The van der Waals surface area contributed by atoms with Crippen LogP contribution in [-0.2, 0) is 52.8 Å². The zero-order valence-electron chi connectivity index (χ0n) is 55.3. The number of Topliss-reactive ketones (excluding diaryl/α,β-unsaturated/α-hetero) is 3. The minimum absolute atomic E-state index is 0.0000771. The fraction of sp³-hybridized carbons (Fsp3) is 0.319. The van der Waals surface area contributed by atoms with Crippen LogP contribution < -0.4 is 64.6 Å². The van der Waals surface area contributed by atoms with E-state index in [1.165, 1.54) is 0 Å². The highest BCUT2D eigenvalue weighted by Crippen LogP contribution is 2.37. The van der Waals surface area contributed by atoms with Crippen molar-refractivity contribution in [3.8, 4) is 17.2 Å². The molecule has 6 aromatic carbocycles. The molecule has 0 spiro atoms. The number of methoxy groups -OCH3 is 3. The molecule has 0 bridgehead atoms. The Morgan fingerprint density at radius 1 is 0.439 bits per heavy atom. The molecular weight excluding hydrogens is 1270 g/mol. The number of aromatic amines is 3. The van der Waals surface area contributed by atoms with Crippen molar-refractivity contribution in [1.82, 2.24) is 15.0 Å². The van der Waals surface area contributed by atoms with Crippen molar-refractivity contribution in [1.29, 1.82) is 0 Å². The first-order valence-electron chi connectivity index (χ1n) is 31.6. The molecule has 0 saturated heterocycles. The monoisotopic (exact) mass is 1350 g/mol. The summed E-state index contributed by atoms with van der Waals surface area (Å²) in [6.07, 6.45) is -4.52. The topological polar surface area (TPSA) is 407 Å². The number of rotatable bonds is 30. The molecule has 518 valence electrons. The van der Waals surface area contributed by atoms with Crippen LogP contribution in [-0.4, -0.2) is 125 Å². The summed E-state index contributed by atoms with van der Waals surface area (Å²) < 4.78 is 48.1. The van der Waals surface area contributed by atoms with Gasteiger partial charge in [0.05, 0.1) is 21.3 Å². The van der Waals surface area contributed by atoms with E-state index in [2.05, 4.69) is 30.9 Å². The van der Waals surface area contributed by atoms with E-state index in [1.807, 2.05) is 112 Å². The second kappa shape index (κ2) is 31.3. The van der Waals surface area contributed by atoms with Crippen molar-refractivity contribution in [3.63, 3.8) is 0 Å². The lowest BCUT2D eigenvalue weighted by molar-refractivity contribution is -0.192. The summed E-state index contributed by atoms with van der Waals surface area (Å²) in [5.74, 6) is -4.97. The summed E-state index contributed by atoms with van der Waals surface area (Å²) in [5, 5.41) is 18.2. The van der Waals surface area contributed by atoms with Gasteiger partial charge in [0.25, 0.3) is 17.7 Å².